The number of carbonyl (C=O) groups excluding carboxylic acids is 2. The molecule has 2 amide bonds. The van der Waals surface area contributed by atoms with Gasteiger partial charge in [-0.25, -0.2) is 4.90 Å². The molecular weight excluding hydrogens is 290 g/mol. The Morgan fingerprint density at radius 1 is 1.29 bits per heavy atom. The first kappa shape index (κ1) is 14.1. The van der Waals surface area contributed by atoms with E-state index in [0.29, 0.717) is 22.9 Å². The van der Waals surface area contributed by atoms with Gasteiger partial charge in [-0.1, -0.05) is 30.7 Å². The van der Waals surface area contributed by atoms with Gasteiger partial charge in [0.05, 0.1) is 29.7 Å². The maximum Gasteiger partial charge on any atom is 0.238 e. The maximum atomic E-state index is 12.6. The number of amides is 2. The molecule has 0 spiro atoms. The number of allylic oxidation sites excluding steroid dienone is 2. The molecule has 1 fully saturated rings. The van der Waals surface area contributed by atoms with Crippen LogP contribution in [-0.2, 0) is 9.59 Å². The minimum Gasteiger partial charge on any atom is -0.495 e. The lowest BCUT2D eigenvalue weighted by Gasteiger charge is -2.22. The second-order valence-electron chi connectivity index (χ2n) is 5.49. The summed E-state index contributed by atoms with van der Waals surface area (Å²) < 4.78 is 5.10. The molecule has 3 atom stereocenters. The Morgan fingerprint density at radius 3 is 2.67 bits per heavy atom. The van der Waals surface area contributed by atoms with Crippen molar-refractivity contribution in [2.75, 3.05) is 12.0 Å². The van der Waals surface area contributed by atoms with E-state index in [9.17, 15) is 9.59 Å². The molecule has 1 saturated heterocycles. The number of hydrogen-bond acceptors (Lipinski definition) is 3. The lowest BCUT2D eigenvalue weighted by Crippen LogP contribution is -2.31. The molecule has 3 rings (SSSR count). The Kier molecular flexibility index (Phi) is 3.49. The van der Waals surface area contributed by atoms with Crippen molar-refractivity contribution in [3.8, 4) is 5.75 Å². The van der Waals surface area contributed by atoms with E-state index < -0.39 is 0 Å². The van der Waals surface area contributed by atoms with E-state index in [-0.39, 0.29) is 29.6 Å². The van der Waals surface area contributed by atoms with E-state index in [2.05, 4.69) is 0 Å². The van der Waals surface area contributed by atoms with Gasteiger partial charge in [0.25, 0.3) is 0 Å². The predicted octanol–water partition coefficient (Wildman–Crippen LogP) is 3.05. The summed E-state index contributed by atoms with van der Waals surface area (Å²) in [6, 6.07) is 4.96. The molecule has 1 heterocycles. The highest BCUT2D eigenvalue weighted by Crippen LogP contribution is 2.41. The summed E-state index contributed by atoms with van der Waals surface area (Å²) in [5, 5.41) is 0.386. The van der Waals surface area contributed by atoms with Crippen LogP contribution in [0, 0.1) is 17.8 Å². The van der Waals surface area contributed by atoms with Gasteiger partial charge in [-0.3, -0.25) is 9.59 Å². The SMILES string of the molecule is COc1ccc(N2C(=O)[C@@H]3[C@@H](C)C=CC[C@H]3C2=O)cc1Cl. The van der Waals surface area contributed by atoms with E-state index in [4.69, 9.17) is 16.3 Å². The molecule has 0 aromatic heterocycles. The number of hydrogen-bond donors (Lipinski definition) is 0. The van der Waals surface area contributed by atoms with E-state index in [1.54, 1.807) is 18.2 Å². The summed E-state index contributed by atoms with van der Waals surface area (Å²) in [6.45, 7) is 1.98. The summed E-state index contributed by atoms with van der Waals surface area (Å²) in [7, 11) is 1.52. The Labute approximate surface area is 128 Å². The number of halogens is 1. The topological polar surface area (TPSA) is 46.6 Å². The van der Waals surface area contributed by atoms with Crippen LogP contribution in [0.3, 0.4) is 0 Å². The zero-order valence-electron chi connectivity index (χ0n) is 11.9. The number of anilines is 1. The number of carbonyl (C=O) groups is 2. The zero-order valence-corrected chi connectivity index (χ0v) is 12.6. The molecule has 0 bridgehead atoms. The molecule has 1 aromatic rings. The summed E-state index contributed by atoms with van der Waals surface area (Å²) in [5.41, 5.74) is 0.511. The van der Waals surface area contributed by atoms with Crippen molar-refractivity contribution >= 4 is 29.1 Å². The lowest BCUT2D eigenvalue weighted by molar-refractivity contribution is -0.122. The molecule has 5 heteroatoms. The average molecular weight is 306 g/mol. The summed E-state index contributed by atoms with van der Waals surface area (Å²) in [6.07, 6.45) is 4.62. The number of imide groups is 1. The molecular formula is C16H16ClNO3. The Bertz CT molecular complexity index is 640. The fraction of sp³-hybridized carbons (Fsp3) is 0.375. The third-order valence-electron chi connectivity index (χ3n) is 4.27. The van der Waals surface area contributed by atoms with Crippen molar-refractivity contribution in [1.29, 1.82) is 0 Å². The molecule has 4 nitrogen and oxygen atoms in total. The number of benzene rings is 1. The standard InChI is InChI=1S/C16H16ClNO3/c1-9-4-3-5-11-14(9)16(20)18(15(11)19)10-6-7-13(21-2)12(17)8-10/h3-4,6-9,11,14H,5H2,1-2H3/t9-,11+,14+/m0/s1. The molecule has 21 heavy (non-hydrogen) atoms. The molecule has 1 aromatic carbocycles. The van der Waals surface area contributed by atoms with Crippen LogP contribution in [0.1, 0.15) is 13.3 Å². The van der Waals surface area contributed by atoms with Gasteiger partial charge in [-0.2, -0.15) is 0 Å². The maximum absolute atomic E-state index is 12.6. The summed E-state index contributed by atoms with van der Waals surface area (Å²) in [4.78, 5) is 26.5. The first-order valence-electron chi connectivity index (χ1n) is 6.92. The lowest BCUT2D eigenvalue weighted by atomic mass is 9.78. The normalized spacial score (nSPS) is 28.0. The van der Waals surface area contributed by atoms with E-state index in [0.717, 1.165) is 0 Å². The van der Waals surface area contributed by atoms with Gasteiger partial charge in [0.1, 0.15) is 5.75 Å². The monoisotopic (exact) mass is 305 g/mol. The summed E-state index contributed by atoms with van der Waals surface area (Å²) in [5.74, 6) is -0.182. The number of fused-ring (bicyclic) bond motifs is 1. The predicted molar refractivity (Wildman–Crippen MR) is 80.4 cm³/mol. The molecule has 1 aliphatic heterocycles. The second kappa shape index (κ2) is 5.19. The van der Waals surface area contributed by atoms with Crippen LogP contribution in [0.2, 0.25) is 5.02 Å². The number of rotatable bonds is 2. The van der Waals surface area contributed by atoms with Crippen LogP contribution < -0.4 is 9.64 Å². The van der Waals surface area contributed by atoms with E-state index >= 15 is 0 Å². The Balaban J connectivity index is 1.98. The fourth-order valence-electron chi connectivity index (χ4n) is 3.20. The van der Waals surface area contributed by atoms with Crippen LogP contribution in [0.25, 0.3) is 0 Å². The number of methoxy groups -OCH3 is 1. The van der Waals surface area contributed by atoms with Crippen LogP contribution >= 0.6 is 11.6 Å². The highest BCUT2D eigenvalue weighted by molar-refractivity contribution is 6.33. The van der Waals surface area contributed by atoms with Gasteiger partial charge in [0.2, 0.25) is 11.8 Å². The van der Waals surface area contributed by atoms with Crippen LogP contribution in [-0.4, -0.2) is 18.9 Å². The van der Waals surface area contributed by atoms with Gasteiger partial charge in [-0.05, 0) is 30.5 Å². The van der Waals surface area contributed by atoms with Gasteiger partial charge in [0, 0.05) is 0 Å². The van der Waals surface area contributed by atoms with Crippen molar-refractivity contribution in [3.05, 3.63) is 35.4 Å². The molecule has 0 N–H and O–H groups in total. The largest absolute Gasteiger partial charge is 0.495 e. The minimum atomic E-state index is -0.261. The van der Waals surface area contributed by atoms with Gasteiger partial charge >= 0.3 is 0 Å². The average Bonchev–Trinajstić information content (AvgIpc) is 2.72. The fourth-order valence-corrected chi connectivity index (χ4v) is 3.45. The molecule has 110 valence electrons. The molecule has 0 saturated carbocycles. The highest BCUT2D eigenvalue weighted by Gasteiger charge is 2.50. The zero-order chi connectivity index (χ0) is 15.1. The highest BCUT2D eigenvalue weighted by atomic mass is 35.5. The Hall–Kier alpha value is -1.81. The van der Waals surface area contributed by atoms with Crippen molar-refractivity contribution in [1.82, 2.24) is 0 Å². The molecule has 0 unspecified atom stereocenters. The van der Waals surface area contributed by atoms with E-state index in [1.165, 1.54) is 12.0 Å². The van der Waals surface area contributed by atoms with Crippen molar-refractivity contribution in [2.45, 2.75) is 13.3 Å². The van der Waals surface area contributed by atoms with Crippen molar-refractivity contribution in [2.24, 2.45) is 17.8 Å². The first-order chi connectivity index (χ1) is 10.0. The van der Waals surface area contributed by atoms with Gasteiger partial charge < -0.3 is 4.74 Å². The molecule has 0 radical (unpaired) electrons. The van der Waals surface area contributed by atoms with Crippen molar-refractivity contribution in [3.63, 3.8) is 0 Å². The molecule has 1 aliphatic carbocycles. The van der Waals surface area contributed by atoms with Crippen molar-refractivity contribution < 1.29 is 14.3 Å². The van der Waals surface area contributed by atoms with Crippen LogP contribution in [0.15, 0.2) is 30.4 Å². The quantitative estimate of drug-likeness (QED) is 0.623. The smallest absolute Gasteiger partial charge is 0.238 e. The van der Waals surface area contributed by atoms with Gasteiger partial charge in [0.15, 0.2) is 0 Å². The van der Waals surface area contributed by atoms with Crippen LogP contribution in [0.5, 0.6) is 5.75 Å². The summed E-state index contributed by atoms with van der Waals surface area (Å²) >= 11 is 6.10. The number of nitrogens with zero attached hydrogens (tertiary/aromatic N) is 1. The van der Waals surface area contributed by atoms with E-state index in [1.807, 2.05) is 19.1 Å². The third kappa shape index (κ3) is 2.14. The minimum absolute atomic E-state index is 0.0823. The Morgan fingerprint density at radius 2 is 2.05 bits per heavy atom. The molecule has 2 aliphatic rings. The van der Waals surface area contributed by atoms with Gasteiger partial charge in [-0.15, -0.1) is 0 Å². The van der Waals surface area contributed by atoms with Crippen LogP contribution in [0.4, 0.5) is 5.69 Å². The number of ether oxygens (including phenoxy) is 1. The third-order valence-corrected chi connectivity index (χ3v) is 4.56. The first-order valence-corrected chi connectivity index (χ1v) is 7.30. The second-order valence-corrected chi connectivity index (χ2v) is 5.89.